The number of fused-ring (bicyclic) bond motifs is 5. The van der Waals surface area contributed by atoms with E-state index in [9.17, 15) is 59.1 Å². The molecule has 17 heteroatoms. The highest BCUT2D eigenvalue weighted by Crippen LogP contribution is 2.68. The van der Waals surface area contributed by atoms with Crippen molar-refractivity contribution in [1.29, 1.82) is 0 Å². The summed E-state index contributed by atoms with van der Waals surface area (Å²) in [5.74, 6) is -3.07. The Morgan fingerprint density at radius 1 is 0.614 bits per heavy atom. The van der Waals surface area contributed by atoms with Crippen LogP contribution in [0.3, 0.4) is 0 Å². The van der Waals surface area contributed by atoms with Crippen molar-refractivity contribution in [3.63, 3.8) is 0 Å². The fourth-order valence-corrected chi connectivity index (χ4v) is 11.7. The third kappa shape index (κ3) is 12.6. The average molecular weight is 808 g/mol. The van der Waals surface area contributed by atoms with Gasteiger partial charge < -0.3 is 36.2 Å². The van der Waals surface area contributed by atoms with Gasteiger partial charge in [0, 0.05) is 38.6 Å². The van der Waals surface area contributed by atoms with E-state index in [1.165, 1.54) is 41.9 Å². The summed E-state index contributed by atoms with van der Waals surface area (Å²) in [5.41, 5.74) is 0.461. The van der Waals surface area contributed by atoms with Gasteiger partial charge in [0.05, 0.1) is 39.3 Å². The standard InChI is InChI=1S/C40H65N5O12/c1-25(4-9-34(48)49)29-7-8-30-28-6-5-26-18-27(10-12-39(26,2)31(28)11-13-40(29,30)3)42-32(46)19-41-33(47)20-43(14-16-44(21-35(50)51)22-36(52)53)15-17-45(23-37(54)55)24-38(56)57/h25-31H,4-24H2,1-3H3,(H,41,47)(H,42,46)(H,48,49)(H,50,51)(H,52,53)(H,54,55)(H,56,57)/t25?,26-,27+,28?,29-,30?,31?,39+,40-/m1/s1. The van der Waals surface area contributed by atoms with Crippen LogP contribution < -0.4 is 10.6 Å². The topological polar surface area (TPSA) is 254 Å². The summed E-state index contributed by atoms with van der Waals surface area (Å²) in [5, 5.41) is 51.9. The highest BCUT2D eigenvalue weighted by molar-refractivity contribution is 5.85. The van der Waals surface area contributed by atoms with Gasteiger partial charge in [-0.25, -0.2) is 0 Å². The fourth-order valence-electron chi connectivity index (χ4n) is 11.7. The molecule has 0 spiro atoms. The monoisotopic (exact) mass is 807 g/mol. The van der Waals surface area contributed by atoms with Gasteiger partial charge in [-0.3, -0.25) is 48.3 Å². The maximum Gasteiger partial charge on any atom is 0.317 e. The second-order valence-corrected chi connectivity index (χ2v) is 17.9. The van der Waals surface area contributed by atoms with E-state index in [0.29, 0.717) is 35.5 Å². The van der Waals surface area contributed by atoms with Crippen molar-refractivity contribution in [1.82, 2.24) is 25.3 Å². The van der Waals surface area contributed by atoms with Gasteiger partial charge in [-0.1, -0.05) is 20.8 Å². The first-order chi connectivity index (χ1) is 26.8. The van der Waals surface area contributed by atoms with E-state index in [2.05, 4.69) is 31.4 Å². The molecule has 322 valence electrons. The molecule has 0 heterocycles. The number of nitrogens with zero attached hydrogens (tertiary/aromatic N) is 3. The summed E-state index contributed by atoms with van der Waals surface area (Å²) in [6.07, 6.45) is 10.8. The van der Waals surface area contributed by atoms with Crippen LogP contribution in [-0.4, -0.2) is 153 Å². The first kappa shape index (κ1) is 45.9. The van der Waals surface area contributed by atoms with Crippen molar-refractivity contribution >= 4 is 41.7 Å². The third-order valence-corrected chi connectivity index (χ3v) is 14.3. The minimum atomic E-state index is -1.24. The lowest BCUT2D eigenvalue weighted by Crippen LogP contribution is -2.56. The van der Waals surface area contributed by atoms with Crippen LogP contribution >= 0.6 is 0 Å². The van der Waals surface area contributed by atoms with Crippen molar-refractivity contribution in [2.45, 2.75) is 97.4 Å². The zero-order valence-electron chi connectivity index (χ0n) is 33.8. The van der Waals surface area contributed by atoms with E-state index in [4.69, 9.17) is 0 Å². The van der Waals surface area contributed by atoms with Crippen LogP contribution in [0.25, 0.3) is 0 Å². The zero-order valence-corrected chi connectivity index (χ0v) is 33.8. The second kappa shape index (κ2) is 20.2. The molecule has 0 bridgehead atoms. The van der Waals surface area contributed by atoms with Gasteiger partial charge in [0.2, 0.25) is 11.8 Å². The van der Waals surface area contributed by atoms with Crippen LogP contribution in [0.1, 0.15) is 91.4 Å². The summed E-state index contributed by atoms with van der Waals surface area (Å²) in [6.45, 7) is 4.35. The molecule has 0 radical (unpaired) electrons. The Morgan fingerprint density at radius 2 is 1.14 bits per heavy atom. The first-order valence-electron chi connectivity index (χ1n) is 20.6. The average Bonchev–Trinajstić information content (AvgIpc) is 3.47. The van der Waals surface area contributed by atoms with Crippen LogP contribution in [0.4, 0.5) is 0 Å². The number of carboxylic acids is 5. The van der Waals surface area contributed by atoms with E-state index in [0.717, 1.165) is 32.1 Å². The highest BCUT2D eigenvalue weighted by atomic mass is 16.4. The maximum atomic E-state index is 13.1. The van der Waals surface area contributed by atoms with Gasteiger partial charge in [0.1, 0.15) is 0 Å². The summed E-state index contributed by atoms with van der Waals surface area (Å²) in [4.78, 5) is 86.5. The fraction of sp³-hybridized carbons (Fsp3) is 0.825. The van der Waals surface area contributed by atoms with E-state index in [-0.39, 0.29) is 68.5 Å². The Kier molecular flexibility index (Phi) is 16.3. The van der Waals surface area contributed by atoms with E-state index in [1.54, 1.807) is 4.90 Å². The molecule has 0 aromatic carbocycles. The number of carbonyl (C=O) groups excluding carboxylic acids is 2. The molecule has 17 nitrogen and oxygen atoms in total. The van der Waals surface area contributed by atoms with E-state index >= 15 is 0 Å². The van der Waals surface area contributed by atoms with Crippen LogP contribution in [0.2, 0.25) is 0 Å². The zero-order chi connectivity index (χ0) is 42.1. The highest BCUT2D eigenvalue weighted by Gasteiger charge is 2.60. The number of rotatable bonds is 23. The predicted octanol–water partition coefficient (Wildman–Crippen LogP) is 1.99. The Morgan fingerprint density at radius 3 is 1.68 bits per heavy atom. The molecule has 4 rings (SSSR count). The first-order valence-corrected chi connectivity index (χ1v) is 20.6. The third-order valence-electron chi connectivity index (χ3n) is 14.3. The maximum absolute atomic E-state index is 13.1. The van der Waals surface area contributed by atoms with Gasteiger partial charge >= 0.3 is 29.8 Å². The molecule has 4 aliphatic carbocycles. The molecule has 7 N–H and O–H groups in total. The van der Waals surface area contributed by atoms with E-state index in [1.807, 2.05) is 0 Å². The largest absolute Gasteiger partial charge is 0.481 e. The van der Waals surface area contributed by atoms with Gasteiger partial charge in [-0.05, 0) is 111 Å². The van der Waals surface area contributed by atoms with Crippen molar-refractivity contribution in [3.05, 3.63) is 0 Å². The summed E-state index contributed by atoms with van der Waals surface area (Å²) in [7, 11) is 0. The molecule has 4 saturated carbocycles. The lowest BCUT2D eigenvalue weighted by Gasteiger charge is -2.61. The Labute approximate surface area is 334 Å². The molecule has 0 aromatic heterocycles. The van der Waals surface area contributed by atoms with Crippen molar-refractivity contribution in [3.8, 4) is 0 Å². The second-order valence-electron chi connectivity index (χ2n) is 17.9. The number of carbonyl (C=O) groups is 7. The smallest absolute Gasteiger partial charge is 0.317 e. The molecule has 4 unspecified atom stereocenters. The molecule has 0 aromatic rings. The lowest BCUT2D eigenvalue weighted by molar-refractivity contribution is -0.143. The number of amides is 2. The lowest BCUT2D eigenvalue weighted by atomic mass is 9.44. The molecule has 57 heavy (non-hydrogen) atoms. The van der Waals surface area contributed by atoms with Crippen LogP contribution in [0, 0.1) is 46.3 Å². The summed E-state index contributed by atoms with van der Waals surface area (Å²) < 4.78 is 0. The van der Waals surface area contributed by atoms with Gasteiger partial charge in [-0.15, -0.1) is 0 Å². The normalized spacial score (nSPS) is 29.9. The van der Waals surface area contributed by atoms with Gasteiger partial charge in [0.25, 0.3) is 0 Å². The van der Waals surface area contributed by atoms with Gasteiger partial charge in [0.15, 0.2) is 0 Å². The number of aliphatic carboxylic acids is 5. The number of hydrogen-bond acceptors (Lipinski definition) is 10. The van der Waals surface area contributed by atoms with Crippen molar-refractivity contribution in [2.75, 3.05) is 65.4 Å². The number of carboxylic acid groups (broad SMARTS) is 5. The molecular weight excluding hydrogens is 742 g/mol. The minimum absolute atomic E-state index is 0.00997. The number of nitrogens with one attached hydrogen (secondary N) is 2. The Hall–Kier alpha value is -3.83. The molecule has 9 atom stereocenters. The molecule has 2 amide bonds. The molecular formula is C40H65N5O12. The van der Waals surface area contributed by atoms with E-state index < -0.39 is 61.9 Å². The molecule has 0 aliphatic heterocycles. The van der Waals surface area contributed by atoms with Crippen LogP contribution in [0.5, 0.6) is 0 Å². The summed E-state index contributed by atoms with van der Waals surface area (Å²) >= 11 is 0. The van der Waals surface area contributed by atoms with Crippen molar-refractivity contribution < 1.29 is 59.1 Å². The van der Waals surface area contributed by atoms with Crippen LogP contribution in [0.15, 0.2) is 0 Å². The quantitative estimate of drug-likeness (QED) is 0.0780. The molecule has 0 saturated heterocycles. The van der Waals surface area contributed by atoms with Gasteiger partial charge in [-0.2, -0.15) is 0 Å². The SMILES string of the molecule is CC(CCC(=O)O)[C@H]1CCC2C3CC[C@@H]4C[C@@H](NC(=O)CNC(=O)CN(CCN(CC(=O)O)CC(=O)O)CCN(CC(=O)O)CC(=O)O)CC[C@]4(C)C3CC[C@@]21C. The number of hydrogen-bond donors (Lipinski definition) is 7. The molecule has 4 fully saturated rings. The predicted molar refractivity (Wildman–Crippen MR) is 206 cm³/mol. The molecule has 4 aliphatic rings. The van der Waals surface area contributed by atoms with Crippen molar-refractivity contribution in [2.24, 2.45) is 46.3 Å². The Bertz CT molecular complexity index is 1410. The van der Waals surface area contributed by atoms with Crippen LogP contribution in [-0.2, 0) is 33.6 Å². The summed E-state index contributed by atoms with van der Waals surface area (Å²) in [6, 6.07) is -0.00997. The Balaban J connectivity index is 1.29. The minimum Gasteiger partial charge on any atom is -0.481 e.